The second-order valence-electron chi connectivity index (χ2n) is 8.35. The molecule has 1 aromatic carbocycles. The summed E-state index contributed by atoms with van der Waals surface area (Å²) in [5.41, 5.74) is 0.850. The van der Waals surface area contributed by atoms with Crippen molar-refractivity contribution in [2.24, 2.45) is 0 Å². The van der Waals surface area contributed by atoms with Crippen LogP contribution in [0.3, 0.4) is 0 Å². The first kappa shape index (κ1) is 18.8. The Morgan fingerprint density at radius 1 is 0.926 bits per heavy atom. The fourth-order valence-electron chi connectivity index (χ4n) is 4.78. The van der Waals surface area contributed by atoms with Crippen molar-refractivity contribution in [2.75, 3.05) is 38.0 Å². The first-order chi connectivity index (χ1) is 13.3. The molecule has 2 heterocycles. The number of nitrogens with one attached hydrogen (secondary N) is 1. The monoisotopic (exact) mass is 371 g/mol. The third-order valence-corrected chi connectivity index (χ3v) is 6.32. The zero-order chi connectivity index (χ0) is 18.5. The second kappa shape index (κ2) is 9.07. The van der Waals surface area contributed by atoms with Gasteiger partial charge in [-0.25, -0.2) is 0 Å². The molecule has 1 amide bonds. The summed E-state index contributed by atoms with van der Waals surface area (Å²) < 4.78 is 6.19. The summed E-state index contributed by atoms with van der Waals surface area (Å²) in [5, 5.41) is 2.99. The molecule has 2 saturated heterocycles. The van der Waals surface area contributed by atoms with Crippen molar-refractivity contribution in [1.82, 2.24) is 9.80 Å². The number of ether oxygens (including phenoxy) is 1. The van der Waals surface area contributed by atoms with Gasteiger partial charge in [0.1, 0.15) is 11.9 Å². The van der Waals surface area contributed by atoms with E-state index in [2.05, 4.69) is 15.1 Å². The van der Waals surface area contributed by atoms with Gasteiger partial charge in [-0.2, -0.15) is 0 Å². The topological polar surface area (TPSA) is 44.8 Å². The molecule has 0 radical (unpaired) electrons. The van der Waals surface area contributed by atoms with E-state index in [1.54, 1.807) is 0 Å². The van der Waals surface area contributed by atoms with E-state index in [1.807, 2.05) is 24.3 Å². The number of rotatable bonds is 6. The molecule has 4 rings (SSSR count). The SMILES string of the molecule is O=C(CN1CCCC1)Nc1ccc(OC2CCN(C3CCCC3)CC2)cc1. The highest BCUT2D eigenvalue weighted by Crippen LogP contribution is 2.27. The standard InChI is InChI=1S/C22H33N3O2/c26-22(17-24-13-3-4-14-24)23-18-7-9-20(10-8-18)27-21-11-15-25(16-12-21)19-5-1-2-6-19/h7-10,19,21H,1-6,11-17H2,(H,23,26). The minimum atomic E-state index is 0.0739. The summed E-state index contributed by atoms with van der Waals surface area (Å²) in [6, 6.07) is 8.69. The fraction of sp³-hybridized carbons (Fsp3) is 0.682. The van der Waals surface area contributed by atoms with E-state index < -0.39 is 0 Å². The fourth-order valence-corrected chi connectivity index (χ4v) is 4.78. The molecular formula is C22H33N3O2. The lowest BCUT2D eigenvalue weighted by atomic mass is 10.0. The van der Waals surface area contributed by atoms with Gasteiger partial charge in [0.05, 0.1) is 6.54 Å². The van der Waals surface area contributed by atoms with Gasteiger partial charge in [-0.1, -0.05) is 12.8 Å². The van der Waals surface area contributed by atoms with Crippen LogP contribution in [0.2, 0.25) is 0 Å². The molecule has 27 heavy (non-hydrogen) atoms. The first-order valence-electron chi connectivity index (χ1n) is 10.8. The Labute approximate surface area is 163 Å². The van der Waals surface area contributed by atoms with Gasteiger partial charge in [0.15, 0.2) is 0 Å². The van der Waals surface area contributed by atoms with Crippen molar-refractivity contribution >= 4 is 11.6 Å². The smallest absolute Gasteiger partial charge is 0.238 e. The molecule has 0 aromatic heterocycles. The molecule has 3 fully saturated rings. The minimum absolute atomic E-state index is 0.0739. The van der Waals surface area contributed by atoms with Crippen LogP contribution in [-0.2, 0) is 4.79 Å². The predicted octanol–water partition coefficient (Wildman–Crippen LogP) is 3.51. The Hall–Kier alpha value is -1.59. The summed E-state index contributed by atoms with van der Waals surface area (Å²) in [7, 11) is 0. The molecule has 148 valence electrons. The first-order valence-corrected chi connectivity index (χ1v) is 10.8. The number of nitrogens with zero attached hydrogens (tertiary/aromatic N) is 2. The van der Waals surface area contributed by atoms with Crippen LogP contribution in [0.4, 0.5) is 5.69 Å². The van der Waals surface area contributed by atoms with E-state index in [9.17, 15) is 4.79 Å². The van der Waals surface area contributed by atoms with Crippen LogP contribution in [0.15, 0.2) is 24.3 Å². The molecular weight excluding hydrogens is 338 g/mol. The van der Waals surface area contributed by atoms with Crippen molar-refractivity contribution in [2.45, 2.75) is 63.5 Å². The number of hydrogen-bond acceptors (Lipinski definition) is 4. The Kier molecular flexibility index (Phi) is 6.30. The summed E-state index contributed by atoms with van der Waals surface area (Å²) in [4.78, 5) is 17.0. The molecule has 5 heteroatoms. The minimum Gasteiger partial charge on any atom is -0.490 e. The third kappa shape index (κ3) is 5.23. The Balaban J connectivity index is 1.20. The highest BCUT2D eigenvalue weighted by molar-refractivity contribution is 5.92. The second-order valence-corrected chi connectivity index (χ2v) is 8.35. The van der Waals surface area contributed by atoms with E-state index in [0.717, 1.165) is 43.4 Å². The van der Waals surface area contributed by atoms with Crippen molar-refractivity contribution in [3.63, 3.8) is 0 Å². The van der Waals surface area contributed by atoms with Gasteiger partial charge >= 0.3 is 0 Å². The quantitative estimate of drug-likeness (QED) is 0.831. The third-order valence-electron chi connectivity index (χ3n) is 6.32. The molecule has 5 nitrogen and oxygen atoms in total. The van der Waals surface area contributed by atoms with Crippen LogP contribution in [-0.4, -0.2) is 60.6 Å². The summed E-state index contributed by atoms with van der Waals surface area (Å²) in [5.74, 6) is 0.983. The number of carbonyl (C=O) groups is 1. The maximum Gasteiger partial charge on any atom is 0.238 e. The molecule has 0 spiro atoms. The van der Waals surface area contributed by atoms with Gasteiger partial charge < -0.3 is 15.0 Å². The Bertz CT molecular complexity index is 598. The van der Waals surface area contributed by atoms with Gasteiger partial charge in [0.2, 0.25) is 5.91 Å². The highest BCUT2D eigenvalue weighted by Gasteiger charge is 2.27. The zero-order valence-electron chi connectivity index (χ0n) is 16.4. The number of carbonyl (C=O) groups excluding carboxylic acids is 1. The van der Waals surface area contributed by atoms with Crippen LogP contribution in [0.1, 0.15) is 51.4 Å². The lowest BCUT2D eigenvalue weighted by Gasteiger charge is -2.36. The molecule has 0 unspecified atom stereocenters. The van der Waals surface area contributed by atoms with Crippen LogP contribution in [0, 0.1) is 0 Å². The van der Waals surface area contributed by atoms with E-state index in [-0.39, 0.29) is 5.91 Å². The van der Waals surface area contributed by atoms with Crippen molar-refractivity contribution in [3.05, 3.63) is 24.3 Å². The van der Waals surface area contributed by atoms with Crippen molar-refractivity contribution in [3.8, 4) is 5.75 Å². The largest absolute Gasteiger partial charge is 0.490 e. The Morgan fingerprint density at radius 2 is 1.59 bits per heavy atom. The molecule has 2 aliphatic heterocycles. The summed E-state index contributed by atoms with van der Waals surface area (Å²) in [6.07, 6.45) is 10.5. The average molecular weight is 372 g/mol. The number of piperidine rings is 1. The summed E-state index contributed by atoms with van der Waals surface area (Å²) in [6.45, 7) is 4.91. The van der Waals surface area contributed by atoms with Crippen molar-refractivity contribution in [1.29, 1.82) is 0 Å². The highest BCUT2D eigenvalue weighted by atomic mass is 16.5. The van der Waals surface area contributed by atoms with Gasteiger partial charge in [-0.3, -0.25) is 9.69 Å². The number of benzene rings is 1. The zero-order valence-corrected chi connectivity index (χ0v) is 16.4. The lowest BCUT2D eigenvalue weighted by Crippen LogP contribution is -2.43. The van der Waals surface area contributed by atoms with Gasteiger partial charge in [0, 0.05) is 24.8 Å². The number of likely N-dealkylation sites (tertiary alicyclic amines) is 2. The Morgan fingerprint density at radius 3 is 2.26 bits per heavy atom. The molecule has 1 N–H and O–H groups in total. The number of anilines is 1. The van der Waals surface area contributed by atoms with Crippen molar-refractivity contribution < 1.29 is 9.53 Å². The van der Waals surface area contributed by atoms with E-state index >= 15 is 0 Å². The van der Waals surface area contributed by atoms with E-state index in [4.69, 9.17) is 4.74 Å². The van der Waals surface area contributed by atoms with Crippen LogP contribution >= 0.6 is 0 Å². The molecule has 0 bridgehead atoms. The van der Waals surface area contributed by atoms with Crippen LogP contribution in [0.5, 0.6) is 5.75 Å². The van der Waals surface area contributed by atoms with Gasteiger partial charge in [-0.15, -0.1) is 0 Å². The molecule has 1 saturated carbocycles. The molecule has 1 aliphatic carbocycles. The predicted molar refractivity (Wildman–Crippen MR) is 108 cm³/mol. The normalized spacial score (nSPS) is 23.0. The molecule has 0 atom stereocenters. The van der Waals surface area contributed by atoms with Crippen LogP contribution < -0.4 is 10.1 Å². The number of hydrogen-bond donors (Lipinski definition) is 1. The van der Waals surface area contributed by atoms with Gasteiger partial charge in [0.25, 0.3) is 0 Å². The summed E-state index contributed by atoms with van der Waals surface area (Å²) >= 11 is 0. The molecule has 1 aromatic rings. The average Bonchev–Trinajstić information content (AvgIpc) is 3.38. The van der Waals surface area contributed by atoms with E-state index in [0.29, 0.717) is 12.6 Å². The van der Waals surface area contributed by atoms with E-state index in [1.165, 1.54) is 51.6 Å². The molecule has 3 aliphatic rings. The van der Waals surface area contributed by atoms with Crippen LogP contribution in [0.25, 0.3) is 0 Å². The van der Waals surface area contributed by atoms with Gasteiger partial charge in [-0.05, 0) is 75.9 Å². The maximum absolute atomic E-state index is 12.1. The number of amides is 1. The lowest BCUT2D eigenvalue weighted by molar-refractivity contribution is -0.117. The maximum atomic E-state index is 12.1.